The van der Waals surface area contributed by atoms with Gasteiger partial charge in [0, 0.05) is 29.7 Å². The van der Waals surface area contributed by atoms with Crippen molar-refractivity contribution in [3.63, 3.8) is 0 Å². The second-order valence-corrected chi connectivity index (χ2v) is 5.90. The second kappa shape index (κ2) is 6.91. The number of aliphatic hydroxyl groups is 1. The van der Waals surface area contributed by atoms with Crippen LogP contribution >= 0.6 is 23.2 Å². The molecule has 106 valence electrons. The first kappa shape index (κ1) is 15.1. The lowest BCUT2D eigenvalue weighted by atomic mass is 10.1. The summed E-state index contributed by atoms with van der Waals surface area (Å²) >= 11 is 11.9. The van der Waals surface area contributed by atoms with E-state index < -0.39 is 6.10 Å². The van der Waals surface area contributed by atoms with Crippen molar-refractivity contribution in [2.45, 2.75) is 25.0 Å². The largest absolute Gasteiger partial charge is 0.387 e. The lowest BCUT2D eigenvalue weighted by Crippen LogP contribution is -2.37. The zero-order valence-electron chi connectivity index (χ0n) is 10.9. The molecule has 0 amide bonds. The molecule has 1 saturated carbocycles. The molecule has 0 bridgehead atoms. The summed E-state index contributed by atoms with van der Waals surface area (Å²) in [4.78, 5) is 0. The van der Waals surface area contributed by atoms with Gasteiger partial charge >= 0.3 is 0 Å². The molecule has 2 rings (SSSR count). The zero-order chi connectivity index (χ0) is 13.8. The molecule has 0 aromatic heterocycles. The molecule has 2 unspecified atom stereocenters. The Labute approximate surface area is 123 Å². The molecule has 1 aliphatic rings. The summed E-state index contributed by atoms with van der Waals surface area (Å²) in [6, 6.07) is 5.45. The van der Waals surface area contributed by atoms with E-state index >= 15 is 0 Å². The van der Waals surface area contributed by atoms with Crippen molar-refractivity contribution in [2.75, 3.05) is 20.3 Å². The molecule has 1 fully saturated rings. The molecule has 5 heteroatoms. The summed E-state index contributed by atoms with van der Waals surface area (Å²) in [5, 5.41) is 14.6. The molecule has 0 radical (unpaired) electrons. The smallest absolute Gasteiger partial charge is 0.0915 e. The summed E-state index contributed by atoms with van der Waals surface area (Å²) < 4.78 is 5.20. The fourth-order valence-electron chi connectivity index (χ4n) is 2.19. The van der Waals surface area contributed by atoms with Gasteiger partial charge in [0.05, 0.1) is 12.7 Å². The quantitative estimate of drug-likeness (QED) is 0.813. The van der Waals surface area contributed by atoms with Gasteiger partial charge in [0.15, 0.2) is 0 Å². The van der Waals surface area contributed by atoms with Crippen molar-refractivity contribution in [3.8, 4) is 0 Å². The van der Waals surface area contributed by atoms with E-state index in [4.69, 9.17) is 27.9 Å². The lowest BCUT2D eigenvalue weighted by molar-refractivity contribution is 0.132. The Morgan fingerprint density at radius 3 is 2.47 bits per heavy atom. The van der Waals surface area contributed by atoms with Gasteiger partial charge in [-0.3, -0.25) is 0 Å². The molecule has 1 aromatic rings. The molecule has 19 heavy (non-hydrogen) atoms. The van der Waals surface area contributed by atoms with Gasteiger partial charge in [-0.2, -0.15) is 0 Å². The maximum atomic E-state index is 10.2. The van der Waals surface area contributed by atoms with Crippen LogP contribution in [-0.2, 0) is 4.74 Å². The summed E-state index contributed by atoms with van der Waals surface area (Å²) in [7, 11) is 1.70. The fraction of sp³-hybridized carbons (Fsp3) is 0.571. The van der Waals surface area contributed by atoms with Gasteiger partial charge in [-0.1, -0.05) is 23.2 Å². The van der Waals surface area contributed by atoms with Crippen LogP contribution in [0.5, 0.6) is 0 Å². The molecule has 1 aromatic carbocycles. The van der Waals surface area contributed by atoms with Crippen LogP contribution in [0.25, 0.3) is 0 Å². The van der Waals surface area contributed by atoms with Crippen molar-refractivity contribution < 1.29 is 9.84 Å². The number of halogens is 2. The predicted octanol–water partition coefficient (Wildman–Crippen LogP) is 3.04. The average Bonchev–Trinajstić information content (AvgIpc) is 3.17. The third-order valence-corrected chi connectivity index (χ3v) is 3.82. The maximum absolute atomic E-state index is 10.2. The first-order valence-electron chi connectivity index (χ1n) is 6.46. The maximum Gasteiger partial charge on any atom is 0.0915 e. The molecular weight excluding hydrogens is 285 g/mol. The molecule has 2 N–H and O–H groups in total. The van der Waals surface area contributed by atoms with Crippen LogP contribution in [0.15, 0.2) is 18.2 Å². The average molecular weight is 304 g/mol. The number of hydrogen-bond donors (Lipinski definition) is 2. The van der Waals surface area contributed by atoms with Crippen LogP contribution < -0.4 is 5.32 Å². The minimum absolute atomic E-state index is 0.314. The minimum atomic E-state index is -0.616. The van der Waals surface area contributed by atoms with E-state index in [1.165, 1.54) is 12.8 Å². The first-order valence-corrected chi connectivity index (χ1v) is 7.22. The van der Waals surface area contributed by atoms with E-state index in [1.807, 2.05) is 0 Å². The van der Waals surface area contributed by atoms with E-state index in [0.717, 1.165) is 5.56 Å². The predicted molar refractivity (Wildman–Crippen MR) is 77.8 cm³/mol. The van der Waals surface area contributed by atoms with Crippen LogP contribution in [0.3, 0.4) is 0 Å². The summed E-state index contributed by atoms with van der Waals surface area (Å²) in [5.41, 5.74) is 0.733. The Morgan fingerprint density at radius 1 is 1.32 bits per heavy atom. The van der Waals surface area contributed by atoms with E-state index in [0.29, 0.717) is 35.2 Å². The number of aliphatic hydroxyl groups excluding tert-OH is 1. The Bertz CT molecular complexity index is 404. The number of methoxy groups -OCH3 is 1. The highest BCUT2D eigenvalue weighted by Gasteiger charge is 2.31. The Hall–Kier alpha value is -0.320. The van der Waals surface area contributed by atoms with Gasteiger partial charge in [0.2, 0.25) is 0 Å². The number of benzene rings is 1. The fourth-order valence-corrected chi connectivity index (χ4v) is 2.73. The Kier molecular flexibility index (Phi) is 5.48. The molecule has 2 atom stereocenters. The van der Waals surface area contributed by atoms with Crippen molar-refractivity contribution >= 4 is 23.2 Å². The van der Waals surface area contributed by atoms with E-state index in [1.54, 1.807) is 25.3 Å². The molecule has 0 spiro atoms. The zero-order valence-corrected chi connectivity index (χ0v) is 12.4. The summed E-state index contributed by atoms with van der Waals surface area (Å²) in [6.45, 7) is 1.15. The topological polar surface area (TPSA) is 41.5 Å². The van der Waals surface area contributed by atoms with E-state index in [9.17, 15) is 5.11 Å². The van der Waals surface area contributed by atoms with Gasteiger partial charge in [0.25, 0.3) is 0 Å². The Balaban J connectivity index is 1.90. The summed E-state index contributed by atoms with van der Waals surface area (Å²) in [5.74, 6) is 0.676. The SMILES string of the molecule is COCC(NCC(O)c1cc(Cl)cc(Cl)c1)C1CC1. The van der Waals surface area contributed by atoms with Crippen LogP contribution in [0.1, 0.15) is 24.5 Å². The molecule has 1 aliphatic carbocycles. The lowest BCUT2D eigenvalue weighted by Gasteiger charge is -2.20. The molecule has 0 saturated heterocycles. The first-order chi connectivity index (χ1) is 9.10. The Morgan fingerprint density at radius 2 is 1.95 bits per heavy atom. The van der Waals surface area contributed by atoms with Crippen molar-refractivity contribution in [1.29, 1.82) is 0 Å². The van der Waals surface area contributed by atoms with Crippen molar-refractivity contribution in [2.24, 2.45) is 5.92 Å². The van der Waals surface area contributed by atoms with Crippen LogP contribution in [-0.4, -0.2) is 31.4 Å². The molecule has 3 nitrogen and oxygen atoms in total. The third kappa shape index (κ3) is 4.62. The van der Waals surface area contributed by atoms with E-state index in [-0.39, 0.29) is 0 Å². The third-order valence-electron chi connectivity index (χ3n) is 3.38. The highest BCUT2D eigenvalue weighted by molar-refractivity contribution is 6.34. The van der Waals surface area contributed by atoms with Gasteiger partial charge in [0.1, 0.15) is 0 Å². The van der Waals surface area contributed by atoms with E-state index in [2.05, 4.69) is 5.32 Å². The number of hydrogen-bond acceptors (Lipinski definition) is 3. The second-order valence-electron chi connectivity index (χ2n) is 5.03. The van der Waals surface area contributed by atoms with Crippen LogP contribution in [0, 0.1) is 5.92 Å². The minimum Gasteiger partial charge on any atom is -0.387 e. The number of nitrogens with one attached hydrogen (secondary N) is 1. The molecule has 0 heterocycles. The standard InChI is InChI=1S/C14H19Cl2NO2/c1-19-8-13(9-2-3-9)17-7-14(18)10-4-11(15)6-12(16)5-10/h4-6,9,13-14,17-18H,2-3,7-8H2,1H3. The van der Waals surface area contributed by atoms with Gasteiger partial charge in [-0.05, 0) is 42.5 Å². The van der Waals surface area contributed by atoms with Gasteiger partial charge < -0.3 is 15.2 Å². The monoisotopic (exact) mass is 303 g/mol. The molecule has 0 aliphatic heterocycles. The highest BCUT2D eigenvalue weighted by Crippen LogP contribution is 2.33. The highest BCUT2D eigenvalue weighted by atomic mass is 35.5. The van der Waals surface area contributed by atoms with Crippen molar-refractivity contribution in [3.05, 3.63) is 33.8 Å². The summed E-state index contributed by atoms with van der Waals surface area (Å²) in [6.07, 6.45) is 1.86. The van der Waals surface area contributed by atoms with Gasteiger partial charge in [-0.15, -0.1) is 0 Å². The van der Waals surface area contributed by atoms with Crippen molar-refractivity contribution in [1.82, 2.24) is 5.32 Å². The molecular formula is C14H19Cl2NO2. The van der Waals surface area contributed by atoms with Crippen LogP contribution in [0.4, 0.5) is 0 Å². The van der Waals surface area contributed by atoms with Crippen LogP contribution in [0.2, 0.25) is 10.0 Å². The number of rotatable bonds is 7. The normalized spacial score (nSPS) is 18.3. The van der Waals surface area contributed by atoms with Gasteiger partial charge in [-0.25, -0.2) is 0 Å². The number of ether oxygens (including phenoxy) is 1.